The van der Waals surface area contributed by atoms with Gasteiger partial charge in [-0.25, -0.2) is 4.79 Å². The molecule has 1 saturated heterocycles. The van der Waals surface area contributed by atoms with Crippen molar-refractivity contribution in [2.24, 2.45) is 0 Å². The number of urea groups is 1. The molecule has 0 aliphatic carbocycles. The fourth-order valence-electron chi connectivity index (χ4n) is 2.46. The fraction of sp³-hybridized carbons (Fsp3) is 0.188. The third-order valence-electron chi connectivity index (χ3n) is 3.46. The quantitative estimate of drug-likeness (QED) is 0.898. The van der Waals surface area contributed by atoms with E-state index in [-0.39, 0.29) is 17.8 Å². The molecule has 1 fully saturated rings. The summed E-state index contributed by atoms with van der Waals surface area (Å²) in [6.45, 7) is 0.656. The Morgan fingerprint density at radius 2 is 1.80 bits per heavy atom. The summed E-state index contributed by atoms with van der Waals surface area (Å²) in [6, 6.07) is 16.8. The number of nitrogens with one attached hydrogen (secondary N) is 1. The SMILES string of the molecule is O=C1N[C@@H](Cc2ccc(O)cc2)CN1c1ccccc1. The van der Waals surface area contributed by atoms with E-state index >= 15 is 0 Å². The summed E-state index contributed by atoms with van der Waals surface area (Å²) in [6.07, 6.45) is 0.759. The second-order valence-corrected chi connectivity index (χ2v) is 4.96. The molecule has 2 N–H and O–H groups in total. The lowest BCUT2D eigenvalue weighted by atomic mass is 10.1. The lowest BCUT2D eigenvalue weighted by Gasteiger charge is -2.14. The zero-order chi connectivity index (χ0) is 13.9. The van der Waals surface area contributed by atoms with Crippen LogP contribution in [0.3, 0.4) is 0 Å². The van der Waals surface area contributed by atoms with Crippen molar-refractivity contribution in [1.82, 2.24) is 5.32 Å². The number of rotatable bonds is 3. The highest BCUT2D eigenvalue weighted by atomic mass is 16.3. The molecule has 0 spiro atoms. The Labute approximate surface area is 117 Å². The summed E-state index contributed by atoms with van der Waals surface area (Å²) in [5.74, 6) is 0.259. The van der Waals surface area contributed by atoms with Crippen molar-refractivity contribution in [2.75, 3.05) is 11.4 Å². The second kappa shape index (κ2) is 5.25. The molecule has 0 bridgehead atoms. The highest BCUT2D eigenvalue weighted by Gasteiger charge is 2.29. The summed E-state index contributed by atoms with van der Waals surface area (Å²) >= 11 is 0. The van der Waals surface area contributed by atoms with Crippen LogP contribution in [0.25, 0.3) is 0 Å². The molecule has 2 amide bonds. The number of carbonyl (C=O) groups excluding carboxylic acids is 1. The van der Waals surface area contributed by atoms with Gasteiger partial charge < -0.3 is 10.4 Å². The topological polar surface area (TPSA) is 52.6 Å². The molecule has 3 rings (SSSR count). The van der Waals surface area contributed by atoms with Crippen LogP contribution in [0.15, 0.2) is 54.6 Å². The first kappa shape index (κ1) is 12.5. The number of hydrogen-bond donors (Lipinski definition) is 2. The summed E-state index contributed by atoms with van der Waals surface area (Å²) in [7, 11) is 0. The van der Waals surface area contributed by atoms with Crippen LogP contribution in [0.4, 0.5) is 10.5 Å². The monoisotopic (exact) mass is 268 g/mol. The largest absolute Gasteiger partial charge is 0.508 e. The molecule has 0 saturated carbocycles. The number of aromatic hydroxyl groups is 1. The lowest BCUT2D eigenvalue weighted by Crippen LogP contribution is -2.29. The van der Waals surface area contributed by atoms with Crippen LogP contribution in [-0.2, 0) is 6.42 Å². The van der Waals surface area contributed by atoms with Crippen LogP contribution in [0.2, 0.25) is 0 Å². The minimum atomic E-state index is -0.0556. The number of amides is 2. The Hall–Kier alpha value is -2.49. The molecule has 4 nitrogen and oxygen atoms in total. The van der Waals surface area contributed by atoms with E-state index in [1.54, 1.807) is 17.0 Å². The number of benzene rings is 2. The maximum atomic E-state index is 12.0. The summed E-state index contributed by atoms with van der Waals surface area (Å²) in [5.41, 5.74) is 2.02. The smallest absolute Gasteiger partial charge is 0.322 e. The van der Waals surface area contributed by atoms with Crippen molar-refractivity contribution in [1.29, 1.82) is 0 Å². The first-order valence-electron chi connectivity index (χ1n) is 6.63. The molecule has 1 aliphatic heterocycles. The van der Waals surface area contributed by atoms with Gasteiger partial charge in [-0.15, -0.1) is 0 Å². The summed E-state index contributed by atoms with van der Waals surface area (Å²) < 4.78 is 0. The maximum Gasteiger partial charge on any atom is 0.322 e. The molecule has 4 heteroatoms. The van der Waals surface area contributed by atoms with Crippen LogP contribution in [0.5, 0.6) is 5.75 Å². The van der Waals surface area contributed by atoms with Gasteiger partial charge in [0.15, 0.2) is 0 Å². The minimum Gasteiger partial charge on any atom is -0.508 e. The lowest BCUT2D eigenvalue weighted by molar-refractivity contribution is 0.251. The Kier molecular flexibility index (Phi) is 3.29. The number of phenols is 1. The predicted octanol–water partition coefficient (Wildman–Crippen LogP) is 2.53. The van der Waals surface area contributed by atoms with E-state index in [1.165, 1.54) is 0 Å². The zero-order valence-electron chi connectivity index (χ0n) is 11.0. The molecule has 0 unspecified atom stereocenters. The average molecular weight is 268 g/mol. The van der Waals surface area contributed by atoms with Crippen LogP contribution < -0.4 is 10.2 Å². The van der Waals surface area contributed by atoms with E-state index in [4.69, 9.17) is 0 Å². The number of hydrogen-bond acceptors (Lipinski definition) is 2. The van der Waals surface area contributed by atoms with Crippen molar-refractivity contribution in [2.45, 2.75) is 12.5 Å². The fourth-order valence-corrected chi connectivity index (χ4v) is 2.46. The van der Waals surface area contributed by atoms with E-state index in [1.807, 2.05) is 42.5 Å². The van der Waals surface area contributed by atoms with E-state index in [2.05, 4.69) is 5.32 Å². The first-order chi connectivity index (χ1) is 9.72. The Morgan fingerprint density at radius 3 is 2.50 bits per heavy atom. The summed E-state index contributed by atoms with van der Waals surface area (Å²) in [5, 5.41) is 12.3. The van der Waals surface area contributed by atoms with Gasteiger partial charge in [0, 0.05) is 12.2 Å². The molecule has 1 atom stereocenters. The molecule has 102 valence electrons. The number of carbonyl (C=O) groups is 1. The van der Waals surface area contributed by atoms with Crippen LogP contribution in [0, 0.1) is 0 Å². The normalized spacial score (nSPS) is 18.1. The summed E-state index contributed by atoms with van der Waals surface area (Å²) in [4.78, 5) is 13.8. The van der Waals surface area contributed by atoms with Gasteiger partial charge >= 0.3 is 6.03 Å². The van der Waals surface area contributed by atoms with Crippen molar-refractivity contribution >= 4 is 11.7 Å². The van der Waals surface area contributed by atoms with Gasteiger partial charge in [-0.2, -0.15) is 0 Å². The van der Waals surface area contributed by atoms with E-state index in [9.17, 15) is 9.90 Å². The average Bonchev–Trinajstić information content (AvgIpc) is 2.83. The van der Waals surface area contributed by atoms with Gasteiger partial charge in [0.2, 0.25) is 0 Å². The minimum absolute atomic E-state index is 0.0556. The van der Waals surface area contributed by atoms with Crippen molar-refractivity contribution in [3.8, 4) is 5.75 Å². The van der Waals surface area contributed by atoms with Crippen molar-refractivity contribution in [3.63, 3.8) is 0 Å². The van der Waals surface area contributed by atoms with E-state index < -0.39 is 0 Å². The first-order valence-corrected chi connectivity index (χ1v) is 6.63. The Balaban J connectivity index is 1.69. The van der Waals surface area contributed by atoms with Crippen molar-refractivity contribution < 1.29 is 9.90 Å². The maximum absolute atomic E-state index is 12.0. The molecule has 2 aromatic carbocycles. The number of phenolic OH excluding ortho intramolecular Hbond substituents is 1. The Morgan fingerprint density at radius 1 is 1.10 bits per heavy atom. The van der Waals surface area contributed by atoms with Gasteiger partial charge in [0.25, 0.3) is 0 Å². The highest BCUT2D eigenvalue weighted by Crippen LogP contribution is 2.20. The van der Waals surface area contributed by atoms with Gasteiger partial charge in [0.1, 0.15) is 5.75 Å². The van der Waals surface area contributed by atoms with Gasteiger partial charge in [-0.1, -0.05) is 30.3 Å². The standard InChI is InChI=1S/C16H16N2O2/c19-15-8-6-12(7-9-15)10-13-11-18(16(20)17-13)14-4-2-1-3-5-14/h1-9,13,19H,10-11H2,(H,17,20)/t13-/m0/s1. The van der Waals surface area contributed by atoms with Crippen LogP contribution in [-0.4, -0.2) is 23.7 Å². The number of nitrogens with zero attached hydrogens (tertiary/aromatic N) is 1. The molecule has 1 heterocycles. The van der Waals surface area contributed by atoms with Crippen molar-refractivity contribution in [3.05, 3.63) is 60.2 Å². The van der Waals surface area contributed by atoms with Gasteiger partial charge in [-0.3, -0.25) is 4.90 Å². The van der Waals surface area contributed by atoms with Crippen LogP contribution >= 0.6 is 0 Å². The van der Waals surface area contributed by atoms with E-state index in [0.29, 0.717) is 6.54 Å². The number of anilines is 1. The Bertz CT molecular complexity index is 596. The molecule has 0 aromatic heterocycles. The molecular weight excluding hydrogens is 252 g/mol. The van der Waals surface area contributed by atoms with E-state index in [0.717, 1.165) is 17.7 Å². The molecular formula is C16H16N2O2. The molecule has 2 aromatic rings. The predicted molar refractivity (Wildman–Crippen MR) is 77.9 cm³/mol. The van der Waals surface area contributed by atoms with Gasteiger partial charge in [-0.05, 0) is 36.2 Å². The highest BCUT2D eigenvalue weighted by molar-refractivity contribution is 5.94. The zero-order valence-corrected chi connectivity index (χ0v) is 11.0. The van der Waals surface area contributed by atoms with Gasteiger partial charge in [0.05, 0.1) is 6.04 Å². The molecule has 20 heavy (non-hydrogen) atoms. The second-order valence-electron chi connectivity index (χ2n) is 4.96. The molecule has 1 aliphatic rings. The molecule has 0 radical (unpaired) electrons. The van der Waals surface area contributed by atoms with Crippen LogP contribution in [0.1, 0.15) is 5.56 Å². The third-order valence-corrected chi connectivity index (χ3v) is 3.46. The number of para-hydroxylation sites is 1. The third kappa shape index (κ3) is 2.59.